The van der Waals surface area contributed by atoms with Gasteiger partial charge in [0.2, 0.25) is 0 Å². The largest absolute Gasteiger partial charge is 0.496 e. The summed E-state index contributed by atoms with van der Waals surface area (Å²) in [5, 5.41) is 10.7. The number of rotatable bonds is 7. The number of ether oxygens (including phenoxy) is 1. The monoisotopic (exact) mass is 455 g/mol. The smallest absolute Gasteiger partial charge is 0.317 e. The topological polar surface area (TPSA) is 71.4 Å². The zero-order chi connectivity index (χ0) is 22.5. The Labute approximate surface area is 194 Å². The Morgan fingerprint density at radius 3 is 2.94 bits per heavy atom. The minimum atomic E-state index is -0.0129. The van der Waals surface area contributed by atoms with E-state index in [0.717, 1.165) is 48.4 Å². The highest BCUT2D eigenvalue weighted by Gasteiger charge is 2.31. The van der Waals surface area contributed by atoms with E-state index < -0.39 is 0 Å². The molecule has 2 aromatic rings. The molecule has 0 radical (unpaired) electrons. The van der Waals surface area contributed by atoms with Crippen LogP contribution in [0.5, 0.6) is 5.75 Å². The van der Waals surface area contributed by atoms with Crippen molar-refractivity contribution in [2.45, 2.75) is 30.7 Å². The number of nitrogens with one attached hydrogen (secondary N) is 2. The zero-order valence-corrected chi connectivity index (χ0v) is 19.3. The molecule has 1 aliphatic heterocycles. The van der Waals surface area contributed by atoms with Crippen molar-refractivity contribution in [1.82, 2.24) is 20.0 Å². The Morgan fingerprint density at radius 2 is 2.22 bits per heavy atom. The van der Waals surface area contributed by atoms with Gasteiger partial charge in [0.15, 0.2) is 0 Å². The van der Waals surface area contributed by atoms with Crippen molar-refractivity contribution < 1.29 is 9.53 Å². The van der Waals surface area contributed by atoms with E-state index in [1.807, 2.05) is 48.6 Å². The van der Waals surface area contributed by atoms with Gasteiger partial charge in [-0.1, -0.05) is 18.2 Å². The molecule has 2 atom stereocenters. The summed E-state index contributed by atoms with van der Waals surface area (Å²) in [6.45, 7) is 1.94. The van der Waals surface area contributed by atoms with Gasteiger partial charge in [0.1, 0.15) is 5.75 Å². The first-order chi connectivity index (χ1) is 15.5. The number of alkyl halides is 1. The summed E-state index contributed by atoms with van der Waals surface area (Å²) in [5.74, 6) is 0.778. The Kier molecular flexibility index (Phi) is 7.05. The van der Waals surface area contributed by atoms with Crippen molar-refractivity contribution in [3.63, 3.8) is 0 Å². The van der Waals surface area contributed by atoms with Crippen molar-refractivity contribution >= 4 is 23.3 Å². The molecular formula is C24H30ClN5O2. The summed E-state index contributed by atoms with van der Waals surface area (Å²) < 4.78 is 7.33. The fourth-order valence-electron chi connectivity index (χ4n) is 4.29. The number of halogens is 1. The Bertz CT molecular complexity index is 1020. The Morgan fingerprint density at radius 1 is 1.34 bits per heavy atom. The molecule has 1 aliphatic carbocycles. The molecule has 2 heterocycles. The van der Waals surface area contributed by atoms with Gasteiger partial charge in [0, 0.05) is 55.8 Å². The van der Waals surface area contributed by atoms with Gasteiger partial charge in [-0.15, -0.1) is 11.6 Å². The van der Waals surface area contributed by atoms with Crippen LogP contribution in [-0.4, -0.2) is 58.9 Å². The normalized spacial score (nSPS) is 20.2. The Balaban J connectivity index is 1.28. The van der Waals surface area contributed by atoms with Crippen molar-refractivity contribution in [3.05, 3.63) is 54.4 Å². The second kappa shape index (κ2) is 10.1. The van der Waals surface area contributed by atoms with Gasteiger partial charge in [-0.3, -0.25) is 4.68 Å². The summed E-state index contributed by atoms with van der Waals surface area (Å²) in [6, 6.07) is 6.12. The van der Waals surface area contributed by atoms with Gasteiger partial charge in [-0.25, -0.2) is 4.79 Å². The average molecular weight is 456 g/mol. The molecule has 2 N–H and O–H groups in total. The second-order valence-electron chi connectivity index (χ2n) is 8.14. The highest BCUT2D eigenvalue weighted by molar-refractivity contribution is 6.22. The quantitative estimate of drug-likeness (QED) is 0.485. The lowest BCUT2D eigenvalue weighted by Gasteiger charge is -2.27. The number of anilines is 1. The van der Waals surface area contributed by atoms with E-state index in [0.29, 0.717) is 13.1 Å². The van der Waals surface area contributed by atoms with Crippen molar-refractivity contribution in [3.8, 4) is 16.9 Å². The number of nitrogens with zero attached hydrogens (tertiary/aromatic N) is 3. The number of hydrogen-bond acceptors (Lipinski definition) is 4. The molecule has 1 fully saturated rings. The fraction of sp³-hybridized carbons (Fsp3) is 0.417. The molecule has 2 amide bonds. The summed E-state index contributed by atoms with van der Waals surface area (Å²) >= 11 is 6.14. The predicted octanol–water partition coefficient (Wildman–Crippen LogP) is 4.18. The van der Waals surface area contributed by atoms with Crippen LogP contribution in [0.2, 0.25) is 0 Å². The van der Waals surface area contributed by atoms with Crippen LogP contribution in [0.25, 0.3) is 11.1 Å². The molecule has 8 heteroatoms. The first-order valence-corrected chi connectivity index (χ1v) is 11.5. The minimum absolute atomic E-state index is 0.0129. The van der Waals surface area contributed by atoms with E-state index in [-0.39, 0.29) is 17.5 Å². The minimum Gasteiger partial charge on any atom is -0.496 e. The first-order valence-electron chi connectivity index (χ1n) is 11.0. The van der Waals surface area contributed by atoms with Gasteiger partial charge in [-0.2, -0.15) is 5.10 Å². The van der Waals surface area contributed by atoms with Crippen LogP contribution < -0.4 is 15.4 Å². The maximum atomic E-state index is 12.8. The standard InChI is InChI=1S/C24H30ClN5O2/c1-29-16-18(15-28-29)21-10-9-20(14-23(21)32-2)26-11-12-27-24(31)30-13-3-4-22(30)17-5-7-19(25)8-6-17/h5-7,9-10,14-16,19,22,26H,3-4,8,11-13H2,1-2H3,(H,27,31). The third-order valence-electron chi connectivity index (χ3n) is 5.92. The van der Waals surface area contributed by atoms with E-state index >= 15 is 0 Å². The maximum absolute atomic E-state index is 12.8. The number of amides is 2. The fourth-order valence-corrected chi connectivity index (χ4v) is 4.45. The average Bonchev–Trinajstić information content (AvgIpc) is 3.46. The third-order valence-corrected chi connectivity index (χ3v) is 6.25. The van der Waals surface area contributed by atoms with E-state index in [9.17, 15) is 4.79 Å². The van der Waals surface area contributed by atoms with E-state index in [1.54, 1.807) is 11.8 Å². The number of likely N-dealkylation sites (tertiary alicyclic amines) is 1. The molecule has 2 aliphatic rings. The van der Waals surface area contributed by atoms with Crippen LogP contribution in [0.1, 0.15) is 19.3 Å². The molecule has 2 unspecified atom stereocenters. The number of hydrogen-bond donors (Lipinski definition) is 2. The number of allylic oxidation sites excluding steroid dienone is 2. The van der Waals surface area contributed by atoms with Gasteiger partial charge < -0.3 is 20.3 Å². The maximum Gasteiger partial charge on any atom is 0.317 e. The molecule has 7 nitrogen and oxygen atoms in total. The molecule has 170 valence electrons. The van der Waals surface area contributed by atoms with Crippen molar-refractivity contribution in [1.29, 1.82) is 0 Å². The van der Waals surface area contributed by atoms with Crippen LogP contribution in [0.3, 0.4) is 0 Å². The summed E-state index contributed by atoms with van der Waals surface area (Å²) in [4.78, 5) is 14.7. The van der Waals surface area contributed by atoms with Gasteiger partial charge >= 0.3 is 6.03 Å². The molecule has 4 rings (SSSR count). The molecule has 1 saturated heterocycles. The molecule has 1 aromatic carbocycles. The lowest BCUT2D eigenvalue weighted by molar-refractivity contribution is 0.199. The van der Waals surface area contributed by atoms with Gasteiger partial charge in [0.05, 0.1) is 24.7 Å². The van der Waals surface area contributed by atoms with Crippen LogP contribution in [-0.2, 0) is 7.05 Å². The number of urea groups is 1. The molecule has 0 spiro atoms. The molecule has 0 saturated carbocycles. The van der Waals surface area contributed by atoms with Crippen molar-refractivity contribution in [2.24, 2.45) is 7.05 Å². The summed E-state index contributed by atoms with van der Waals surface area (Å²) in [6.07, 6.45) is 12.9. The summed E-state index contributed by atoms with van der Waals surface area (Å²) in [7, 11) is 3.55. The number of aryl methyl sites for hydroxylation is 1. The first kappa shape index (κ1) is 22.3. The van der Waals surface area contributed by atoms with Crippen LogP contribution >= 0.6 is 11.6 Å². The highest BCUT2D eigenvalue weighted by Crippen LogP contribution is 2.32. The van der Waals surface area contributed by atoms with Crippen LogP contribution in [0.15, 0.2) is 54.4 Å². The number of aromatic nitrogens is 2. The lowest BCUT2D eigenvalue weighted by Crippen LogP contribution is -2.44. The third kappa shape index (κ3) is 5.10. The number of carbonyl (C=O) groups excluding carboxylic acids is 1. The van der Waals surface area contributed by atoms with E-state index in [2.05, 4.69) is 27.9 Å². The number of benzene rings is 1. The molecule has 0 bridgehead atoms. The van der Waals surface area contributed by atoms with E-state index in [4.69, 9.17) is 16.3 Å². The number of carbonyl (C=O) groups is 1. The molecule has 1 aromatic heterocycles. The number of methoxy groups -OCH3 is 1. The highest BCUT2D eigenvalue weighted by atomic mass is 35.5. The van der Waals surface area contributed by atoms with Crippen molar-refractivity contribution in [2.75, 3.05) is 32.1 Å². The zero-order valence-electron chi connectivity index (χ0n) is 18.6. The SMILES string of the molecule is COc1cc(NCCNC(=O)N2CCCC2C2=CCC(Cl)C=C2)ccc1-c1cnn(C)c1. The lowest BCUT2D eigenvalue weighted by atomic mass is 9.98. The summed E-state index contributed by atoms with van der Waals surface area (Å²) in [5.41, 5.74) is 4.14. The molecule has 32 heavy (non-hydrogen) atoms. The van der Waals surface area contributed by atoms with Gasteiger partial charge in [-0.05, 0) is 37.0 Å². The second-order valence-corrected chi connectivity index (χ2v) is 8.70. The van der Waals surface area contributed by atoms with E-state index in [1.165, 1.54) is 5.57 Å². The van der Waals surface area contributed by atoms with Crippen LogP contribution in [0, 0.1) is 0 Å². The van der Waals surface area contributed by atoms with Crippen LogP contribution in [0.4, 0.5) is 10.5 Å². The predicted molar refractivity (Wildman–Crippen MR) is 128 cm³/mol. The Hall–Kier alpha value is -2.93. The molecular weight excluding hydrogens is 426 g/mol. The van der Waals surface area contributed by atoms with Gasteiger partial charge in [0.25, 0.3) is 0 Å².